The number of nitrogens with one attached hydrogen (secondary N) is 1. The Morgan fingerprint density at radius 3 is 2.50 bits per heavy atom. The molecule has 6 nitrogen and oxygen atoms in total. The molecule has 1 aromatic carbocycles. The molecule has 0 bridgehead atoms. The zero-order valence-corrected chi connectivity index (χ0v) is 14.2. The lowest BCUT2D eigenvalue weighted by Gasteiger charge is -2.13. The number of hydrogen-bond donors (Lipinski definition) is 1. The van der Waals surface area contributed by atoms with Gasteiger partial charge in [-0.1, -0.05) is 19.6 Å². The Morgan fingerprint density at radius 2 is 1.81 bits per heavy atom. The van der Waals surface area contributed by atoms with Crippen LogP contribution in [0.4, 0.5) is 5.69 Å². The quantitative estimate of drug-likeness (QED) is 0.789. The van der Waals surface area contributed by atoms with Gasteiger partial charge in [0.2, 0.25) is 0 Å². The summed E-state index contributed by atoms with van der Waals surface area (Å²) in [5.41, 5.74) is 5.44. The molecule has 1 amide bonds. The fourth-order valence-electron chi connectivity index (χ4n) is 2.96. The van der Waals surface area contributed by atoms with Crippen molar-refractivity contribution < 1.29 is 4.79 Å². The van der Waals surface area contributed by atoms with E-state index in [1.165, 1.54) is 0 Å². The number of hydrogen-bond acceptors (Lipinski definition) is 4. The van der Waals surface area contributed by atoms with Crippen LogP contribution in [-0.2, 0) is 6.54 Å². The van der Waals surface area contributed by atoms with Crippen LogP contribution in [-0.4, -0.2) is 41.3 Å². The maximum Gasteiger partial charge on any atom is 0.269 e. The number of pyridine rings is 1. The first-order chi connectivity index (χ1) is 12.1. The average molecular weight is 349 g/mol. The normalized spacial score (nSPS) is 12.8. The third kappa shape index (κ3) is 3.18. The topological polar surface area (TPSA) is 63.1 Å². The van der Waals surface area contributed by atoms with Crippen LogP contribution >= 0.6 is 0 Å². The molecule has 0 saturated carbocycles. The third-order valence-electron chi connectivity index (χ3n) is 4.36. The Bertz CT molecular complexity index is 928. The van der Waals surface area contributed by atoms with Crippen molar-refractivity contribution in [3.63, 3.8) is 0 Å². The summed E-state index contributed by atoms with van der Waals surface area (Å²) in [7, 11) is 4.04. The van der Waals surface area contributed by atoms with Crippen LogP contribution in [0.3, 0.4) is 0 Å². The molecule has 0 spiro atoms. The second kappa shape index (κ2) is 7.00. The summed E-state index contributed by atoms with van der Waals surface area (Å²) in [6.07, 6.45) is 1.78. The van der Waals surface area contributed by atoms with E-state index in [2.05, 4.69) is 44.6 Å². The van der Waals surface area contributed by atoms with E-state index in [1.807, 2.05) is 32.3 Å². The molecule has 0 atom stereocenters. The number of aromatic nitrogens is 3. The molecule has 0 saturated heterocycles. The Kier molecular flexibility index (Phi) is 4.75. The summed E-state index contributed by atoms with van der Waals surface area (Å²) >= 11 is 0. The molecule has 26 heavy (non-hydrogen) atoms. The molecular formula is C20H23N5O. The van der Waals surface area contributed by atoms with Crippen LogP contribution in [0.1, 0.15) is 17.9 Å². The highest BCUT2D eigenvalue weighted by atomic mass is 16.2. The largest absolute Gasteiger partial charge is 0.378 e. The maximum atomic E-state index is 11.9. The molecule has 134 valence electrons. The first-order valence-electron chi connectivity index (χ1n) is 8.22. The van der Waals surface area contributed by atoms with E-state index < -0.39 is 0 Å². The number of carbonyl (C=O) groups is 1. The van der Waals surface area contributed by atoms with Gasteiger partial charge in [-0.05, 0) is 30.3 Å². The van der Waals surface area contributed by atoms with Crippen molar-refractivity contribution in [2.24, 2.45) is 0 Å². The second-order valence-electron chi connectivity index (χ2n) is 6.26. The predicted octanol–water partition coefficient (Wildman–Crippen LogP) is 3.06. The molecule has 3 heterocycles. The van der Waals surface area contributed by atoms with E-state index in [-0.39, 0.29) is 13.3 Å². The van der Waals surface area contributed by atoms with Crippen LogP contribution in [0.2, 0.25) is 0 Å². The van der Waals surface area contributed by atoms with E-state index >= 15 is 0 Å². The van der Waals surface area contributed by atoms with Gasteiger partial charge in [-0.3, -0.25) is 14.5 Å². The van der Waals surface area contributed by atoms with Gasteiger partial charge < -0.3 is 10.2 Å². The zero-order valence-electron chi connectivity index (χ0n) is 14.2. The summed E-state index contributed by atoms with van der Waals surface area (Å²) in [5.74, 6) is -0.0708. The van der Waals surface area contributed by atoms with Crippen molar-refractivity contribution in [2.45, 2.75) is 14.0 Å². The molecular weight excluding hydrogens is 326 g/mol. The summed E-state index contributed by atoms with van der Waals surface area (Å²) in [6, 6.07) is 14.0. The number of nitrogens with zero attached hydrogens (tertiary/aromatic N) is 4. The highest BCUT2D eigenvalue weighted by Crippen LogP contribution is 2.26. The molecule has 0 unspecified atom stereocenters. The smallest absolute Gasteiger partial charge is 0.269 e. The van der Waals surface area contributed by atoms with Crippen LogP contribution in [0.25, 0.3) is 22.5 Å². The SMILES string of the molecule is C.CN(C)c1ccc(-c2cc(-c3cc4n(n3)CCNC4=O)ccn2)cc1. The van der Waals surface area contributed by atoms with Crippen LogP contribution in [0.15, 0.2) is 48.7 Å². The summed E-state index contributed by atoms with van der Waals surface area (Å²) in [6.45, 7) is 1.32. The van der Waals surface area contributed by atoms with Gasteiger partial charge in [0.15, 0.2) is 0 Å². The summed E-state index contributed by atoms with van der Waals surface area (Å²) < 4.78 is 1.76. The number of anilines is 1. The molecule has 6 heteroatoms. The molecule has 3 aromatic rings. The van der Waals surface area contributed by atoms with E-state index in [0.717, 1.165) is 28.2 Å². The molecule has 0 fully saturated rings. The van der Waals surface area contributed by atoms with Gasteiger partial charge in [-0.2, -0.15) is 5.10 Å². The van der Waals surface area contributed by atoms with E-state index in [0.29, 0.717) is 18.8 Å². The maximum absolute atomic E-state index is 11.9. The van der Waals surface area contributed by atoms with Crippen molar-refractivity contribution in [3.8, 4) is 22.5 Å². The van der Waals surface area contributed by atoms with Gasteiger partial charge in [0.25, 0.3) is 5.91 Å². The Morgan fingerprint density at radius 1 is 1.04 bits per heavy atom. The molecule has 0 radical (unpaired) electrons. The van der Waals surface area contributed by atoms with E-state index in [9.17, 15) is 4.79 Å². The number of fused-ring (bicyclic) bond motifs is 1. The fraction of sp³-hybridized carbons (Fsp3) is 0.250. The van der Waals surface area contributed by atoms with Gasteiger partial charge in [0, 0.05) is 43.7 Å². The molecule has 0 aliphatic carbocycles. The lowest BCUT2D eigenvalue weighted by atomic mass is 10.1. The molecule has 1 aliphatic rings. The van der Waals surface area contributed by atoms with Gasteiger partial charge in [-0.15, -0.1) is 0 Å². The number of rotatable bonds is 3. The van der Waals surface area contributed by atoms with Gasteiger partial charge in [-0.25, -0.2) is 0 Å². The highest BCUT2D eigenvalue weighted by molar-refractivity contribution is 5.94. The van der Waals surface area contributed by atoms with Crippen LogP contribution < -0.4 is 10.2 Å². The van der Waals surface area contributed by atoms with E-state index in [4.69, 9.17) is 0 Å². The van der Waals surface area contributed by atoms with Crippen molar-refractivity contribution in [1.29, 1.82) is 0 Å². The molecule has 1 aliphatic heterocycles. The van der Waals surface area contributed by atoms with Crippen LogP contribution in [0, 0.1) is 0 Å². The van der Waals surface area contributed by atoms with Crippen LogP contribution in [0.5, 0.6) is 0 Å². The Hall–Kier alpha value is -3.15. The van der Waals surface area contributed by atoms with E-state index in [1.54, 1.807) is 10.9 Å². The van der Waals surface area contributed by atoms with Crippen molar-refractivity contribution in [1.82, 2.24) is 20.1 Å². The van der Waals surface area contributed by atoms with Gasteiger partial charge in [0.05, 0.1) is 17.9 Å². The standard InChI is InChI=1S/C19H19N5O.CH4/c1-23(2)15-5-3-13(4-6-15)16-11-14(7-8-20-16)17-12-18-19(25)21-9-10-24(18)22-17;/h3-8,11-12H,9-10H2,1-2H3,(H,21,25);1H4. The predicted molar refractivity (Wildman–Crippen MR) is 104 cm³/mol. The molecule has 1 N–H and O–H groups in total. The van der Waals surface area contributed by atoms with Crippen molar-refractivity contribution in [2.75, 3.05) is 25.5 Å². The Balaban J connectivity index is 0.00000196. The molecule has 2 aromatic heterocycles. The highest BCUT2D eigenvalue weighted by Gasteiger charge is 2.19. The minimum atomic E-state index is -0.0708. The fourth-order valence-corrected chi connectivity index (χ4v) is 2.96. The van der Waals surface area contributed by atoms with Gasteiger partial charge in [0.1, 0.15) is 5.69 Å². The number of amides is 1. The number of carbonyl (C=O) groups excluding carboxylic acids is 1. The first-order valence-corrected chi connectivity index (χ1v) is 8.22. The number of benzene rings is 1. The summed E-state index contributed by atoms with van der Waals surface area (Å²) in [4.78, 5) is 18.5. The van der Waals surface area contributed by atoms with Gasteiger partial charge >= 0.3 is 0 Å². The lowest BCUT2D eigenvalue weighted by Crippen LogP contribution is -2.35. The third-order valence-corrected chi connectivity index (χ3v) is 4.36. The minimum Gasteiger partial charge on any atom is -0.378 e. The lowest BCUT2D eigenvalue weighted by molar-refractivity contribution is 0.0924. The second-order valence-corrected chi connectivity index (χ2v) is 6.26. The zero-order chi connectivity index (χ0) is 17.4. The summed E-state index contributed by atoms with van der Waals surface area (Å²) in [5, 5.41) is 7.40. The molecule has 4 rings (SSSR count). The van der Waals surface area contributed by atoms with Crippen molar-refractivity contribution >= 4 is 11.6 Å². The first kappa shape index (κ1) is 17.7. The Labute approximate surface area is 153 Å². The minimum absolute atomic E-state index is 0. The van der Waals surface area contributed by atoms with Crippen molar-refractivity contribution in [3.05, 3.63) is 54.4 Å². The monoisotopic (exact) mass is 349 g/mol. The average Bonchev–Trinajstić information content (AvgIpc) is 3.08.